The van der Waals surface area contributed by atoms with E-state index in [4.69, 9.17) is 0 Å². The van der Waals surface area contributed by atoms with Gasteiger partial charge in [-0.15, -0.1) is 0 Å². The van der Waals surface area contributed by atoms with E-state index in [-0.39, 0.29) is 24.3 Å². The predicted octanol–water partition coefficient (Wildman–Crippen LogP) is 1.38. The Morgan fingerprint density at radius 3 is 2.54 bits per heavy atom. The van der Waals surface area contributed by atoms with Gasteiger partial charge in [0.2, 0.25) is 11.8 Å². The van der Waals surface area contributed by atoms with Gasteiger partial charge in [-0.1, -0.05) is 13.0 Å². The van der Waals surface area contributed by atoms with Gasteiger partial charge in [-0.2, -0.15) is 0 Å². The van der Waals surface area contributed by atoms with Gasteiger partial charge in [-0.3, -0.25) is 19.3 Å². The maximum absolute atomic E-state index is 12.4. The molecule has 2 rings (SSSR count). The number of aromatic nitrogens is 1. The molecule has 2 heterocycles. The molecule has 7 nitrogen and oxygen atoms in total. The molecule has 0 bridgehead atoms. The Morgan fingerprint density at radius 2 is 2.00 bits per heavy atom. The highest BCUT2D eigenvalue weighted by Gasteiger charge is 2.31. The van der Waals surface area contributed by atoms with E-state index in [0.29, 0.717) is 38.2 Å². The Hall–Kier alpha value is -2.44. The zero-order valence-corrected chi connectivity index (χ0v) is 14.1. The van der Waals surface area contributed by atoms with Crippen LogP contribution in [-0.4, -0.2) is 53.9 Å². The van der Waals surface area contributed by atoms with E-state index in [0.717, 1.165) is 0 Å². The molecule has 0 atom stereocenters. The molecule has 1 aromatic heterocycles. The van der Waals surface area contributed by atoms with Crippen molar-refractivity contribution < 1.29 is 19.1 Å². The summed E-state index contributed by atoms with van der Waals surface area (Å²) in [4.78, 5) is 43.3. The van der Waals surface area contributed by atoms with Gasteiger partial charge in [-0.25, -0.2) is 4.98 Å². The first-order valence-electron chi connectivity index (χ1n) is 8.14. The lowest BCUT2D eigenvalue weighted by atomic mass is 10.0. The van der Waals surface area contributed by atoms with Crippen LogP contribution in [-0.2, 0) is 19.1 Å². The van der Waals surface area contributed by atoms with Gasteiger partial charge in [0.05, 0.1) is 7.11 Å². The van der Waals surface area contributed by atoms with Gasteiger partial charge in [0.15, 0.2) is 0 Å². The van der Waals surface area contributed by atoms with Crippen LogP contribution < -0.4 is 4.90 Å². The topological polar surface area (TPSA) is 79.8 Å². The van der Waals surface area contributed by atoms with Crippen LogP contribution in [0.4, 0.5) is 5.82 Å². The predicted molar refractivity (Wildman–Crippen MR) is 88.2 cm³/mol. The van der Waals surface area contributed by atoms with E-state index in [2.05, 4.69) is 9.72 Å². The number of ether oxygens (including phenoxy) is 1. The summed E-state index contributed by atoms with van der Waals surface area (Å²) in [6.07, 6.45) is 3.15. The highest BCUT2D eigenvalue weighted by Crippen LogP contribution is 2.23. The Morgan fingerprint density at radius 1 is 1.29 bits per heavy atom. The van der Waals surface area contributed by atoms with E-state index in [1.807, 2.05) is 25.1 Å². The summed E-state index contributed by atoms with van der Waals surface area (Å²) in [5.41, 5.74) is 0. The zero-order valence-electron chi connectivity index (χ0n) is 14.1. The number of carbonyl (C=O) groups is 3. The van der Waals surface area contributed by atoms with Gasteiger partial charge in [0, 0.05) is 31.7 Å². The van der Waals surface area contributed by atoms with Crippen molar-refractivity contribution in [2.75, 3.05) is 25.1 Å². The number of esters is 1. The van der Waals surface area contributed by atoms with Crippen LogP contribution in [0.3, 0.4) is 0 Å². The Balaban J connectivity index is 2.01. The maximum atomic E-state index is 12.4. The summed E-state index contributed by atoms with van der Waals surface area (Å²) >= 11 is 0. The molecule has 130 valence electrons. The molecule has 0 N–H and O–H groups in total. The van der Waals surface area contributed by atoms with Crippen molar-refractivity contribution >= 4 is 23.6 Å². The molecule has 2 amide bonds. The minimum absolute atomic E-state index is 0.00882. The fourth-order valence-electron chi connectivity index (χ4n) is 2.87. The van der Waals surface area contributed by atoms with Crippen molar-refractivity contribution in [3.8, 4) is 0 Å². The third-order valence-electron chi connectivity index (χ3n) is 4.17. The van der Waals surface area contributed by atoms with Crippen molar-refractivity contribution in [1.82, 2.24) is 9.88 Å². The molecular formula is C17H23N3O4. The van der Waals surface area contributed by atoms with E-state index >= 15 is 0 Å². The normalized spacial score (nSPS) is 15.0. The molecule has 0 spiro atoms. The second-order valence-corrected chi connectivity index (χ2v) is 5.67. The average Bonchev–Trinajstić information content (AvgIpc) is 2.63. The average molecular weight is 333 g/mol. The molecule has 0 radical (unpaired) electrons. The summed E-state index contributed by atoms with van der Waals surface area (Å²) in [5, 5.41) is 0. The first kappa shape index (κ1) is 17.9. The van der Waals surface area contributed by atoms with E-state index in [1.165, 1.54) is 7.11 Å². The smallest absolute Gasteiger partial charge is 0.315 e. The SMILES string of the molecule is CCC(=O)N(c1ccccn1)C1CCN(C(=O)CC(=O)OC)CC1. The molecule has 24 heavy (non-hydrogen) atoms. The molecule has 1 aliphatic heterocycles. The first-order chi connectivity index (χ1) is 11.6. The Bertz CT molecular complexity index is 583. The fourth-order valence-corrected chi connectivity index (χ4v) is 2.87. The standard InChI is InChI=1S/C17H23N3O4/c1-3-15(21)20(14-6-4-5-9-18-14)13-7-10-19(11-8-13)16(22)12-17(23)24-2/h4-6,9,13H,3,7-8,10-12H2,1-2H3. The van der Waals surface area contributed by atoms with Crippen LogP contribution in [0.2, 0.25) is 0 Å². The lowest BCUT2D eigenvalue weighted by Gasteiger charge is -2.38. The molecule has 0 aliphatic carbocycles. The molecule has 1 saturated heterocycles. The van der Waals surface area contributed by atoms with Gasteiger partial charge >= 0.3 is 5.97 Å². The molecular weight excluding hydrogens is 310 g/mol. The minimum atomic E-state index is -0.529. The summed E-state index contributed by atoms with van der Waals surface area (Å²) in [6, 6.07) is 5.50. The van der Waals surface area contributed by atoms with Gasteiger partial charge < -0.3 is 9.64 Å². The lowest BCUT2D eigenvalue weighted by Crippen LogP contribution is -2.49. The second kappa shape index (κ2) is 8.42. The summed E-state index contributed by atoms with van der Waals surface area (Å²) < 4.78 is 4.53. The molecule has 1 aliphatic rings. The highest BCUT2D eigenvalue weighted by atomic mass is 16.5. The van der Waals surface area contributed by atoms with Crippen molar-refractivity contribution in [2.24, 2.45) is 0 Å². The number of hydrogen-bond donors (Lipinski definition) is 0. The van der Waals surface area contributed by atoms with Gasteiger partial charge in [0.1, 0.15) is 12.2 Å². The van der Waals surface area contributed by atoms with Gasteiger partial charge in [0.25, 0.3) is 0 Å². The van der Waals surface area contributed by atoms with E-state index in [1.54, 1.807) is 16.0 Å². The number of pyridine rings is 1. The van der Waals surface area contributed by atoms with Crippen LogP contribution in [0.5, 0.6) is 0 Å². The maximum Gasteiger partial charge on any atom is 0.315 e. The van der Waals surface area contributed by atoms with Crippen molar-refractivity contribution in [2.45, 2.75) is 38.6 Å². The van der Waals surface area contributed by atoms with Crippen LogP contribution in [0.25, 0.3) is 0 Å². The molecule has 7 heteroatoms. The lowest BCUT2D eigenvalue weighted by molar-refractivity contribution is -0.147. The molecule has 1 fully saturated rings. The summed E-state index contributed by atoms with van der Waals surface area (Å²) in [5.74, 6) is -0.0957. The number of carbonyl (C=O) groups excluding carboxylic acids is 3. The minimum Gasteiger partial charge on any atom is -0.469 e. The number of hydrogen-bond acceptors (Lipinski definition) is 5. The number of likely N-dealkylation sites (tertiary alicyclic amines) is 1. The molecule has 0 saturated carbocycles. The fraction of sp³-hybridized carbons (Fsp3) is 0.529. The van der Waals surface area contributed by atoms with Crippen molar-refractivity contribution in [3.63, 3.8) is 0 Å². The Kier molecular flexibility index (Phi) is 6.28. The second-order valence-electron chi connectivity index (χ2n) is 5.67. The van der Waals surface area contributed by atoms with E-state index < -0.39 is 5.97 Å². The van der Waals surface area contributed by atoms with Crippen LogP contribution in [0.15, 0.2) is 24.4 Å². The molecule has 1 aromatic rings. The van der Waals surface area contributed by atoms with Gasteiger partial charge in [-0.05, 0) is 25.0 Å². The number of rotatable bonds is 5. The number of anilines is 1. The number of piperidine rings is 1. The van der Waals surface area contributed by atoms with Crippen LogP contribution in [0, 0.1) is 0 Å². The third-order valence-corrected chi connectivity index (χ3v) is 4.17. The van der Waals surface area contributed by atoms with Crippen molar-refractivity contribution in [3.05, 3.63) is 24.4 Å². The summed E-state index contributed by atoms with van der Waals surface area (Å²) in [7, 11) is 1.27. The van der Waals surface area contributed by atoms with Crippen molar-refractivity contribution in [1.29, 1.82) is 0 Å². The number of nitrogens with zero attached hydrogens (tertiary/aromatic N) is 3. The molecule has 0 unspecified atom stereocenters. The Labute approximate surface area is 141 Å². The largest absolute Gasteiger partial charge is 0.469 e. The van der Waals surface area contributed by atoms with E-state index in [9.17, 15) is 14.4 Å². The quantitative estimate of drug-likeness (QED) is 0.601. The third kappa shape index (κ3) is 4.31. The number of methoxy groups -OCH3 is 1. The first-order valence-corrected chi connectivity index (χ1v) is 8.14. The van der Waals surface area contributed by atoms with Crippen LogP contribution >= 0.6 is 0 Å². The van der Waals surface area contributed by atoms with Crippen LogP contribution in [0.1, 0.15) is 32.6 Å². The highest BCUT2D eigenvalue weighted by molar-refractivity contribution is 5.94. The number of amides is 2. The molecule has 0 aromatic carbocycles. The summed E-state index contributed by atoms with van der Waals surface area (Å²) in [6.45, 7) is 2.86. The zero-order chi connectivity index (χ0) is 17.5. The monoisotopic (exact) mass is 333 g/mol.